The minimum atomic E-state index is -1.32. The standard InChI is InChI=1S/C13H16O5/c14-10-8(7-4-2-1-3-5-7)6-9(13(17)18)11(15)12(10)16/h6-7,14-16H,1-5H2,(H,17,18). The van der Waals surface area contributed by atoms with Crippen LogP contribution in [0.4, 0.5) is 0 Å². The fourth-order valence-electron chi connectivity index (χ4n) is 2.56. The number of carboxylic acids is 1. The topological polar surface area (TPSA) is 98.0 Å². The van der Waals surface area contributed by atoms with Crippen LogP contribution in [0.25, 0.3) is 0 Å². The Labute approximate surface area is 104 Å². The molecule has 4 N–H and O–H groups in total. The van der Waals surface area contributed by atoms with Gasteiger partial charge in [-0.1, -0.05) is 19.3 Å². The third-order valence-electron chi connectivity index (χ3n) is 3.55. The third-order valence-corrected chi connectivity index (χ3v) is 3.55. The highest BCUT2D eigenvalue weighted by atomic mass is 16.4. The monoisotopic (exact) mass is 252 g/mol. The maximum Gasteiger partial charge on any atom is 0.339 e. The van der Waals surface area contributed by atoms with Gasteiger partial charge in [-0.3, -0.25) is 0 Å². The zero-order valence-corrected chi connectivity index (χ0v) is 9.89. The van der Waals surface area contributed by atoms with Crippen LogP contribution in [0.1, 0.15) is 53.9 Å². The molecule has 0 aliphatic heterocycles. The Bertz CT molecular complexity index is 475. The molecule has 0 aromatic heterocycles. The van der Waals surface area contributed by atoms with Gasteiger partial charge < -0.3 is 20.4 Å². The Morgan fingerprint density at radius 2 is 1.61 bits per heavy atom. The number of phenols is 3. The lowest BCUT2D eigenvalue weighted by atomic mass is 9.83. The van der Waals surface area contributed by atoms with E-state index in [2.05, 4.69) is 0 Å². The number of phenolic OH excluding ortho intramolecular Hbond substituents is 2. The van der Waals surface area contributed by atoms with E-state index < -0.39 is 23.2 Å². The van der Waals surface area contributed by atoms with Crippen molar-refractivity contribution in [3.05, 3.63) is 17.2 Å². The van der Waals surface area contributed by atoms with Crippen LogP contribution in [0.15, 0.2) is 6.07 Å². The Balaban J connectivity index is 2.49. The van der Waals surface area contributed by atoms with E-state index in [1.54, 1.807) is 0 Å². The second-order valence-electron chi connectivity index (χ2n) is 4.70. The summed E-state index contributed by atoms with van der Waals surface area (Å²) in [4.78, 5) is 11.0. The van der Waals surface area contributed by atoms with E-state index >= 15 is 0 Å². The molecule has 0 amide bonds. The van der Waals surface area contributed by atoms with E-state index in [1.165, 1.54) is 6.07 Å². The van der Waals surface area contributed by atoms with E-state index in [-0.39, 0.29) is 11.5 Å². The molecule has 0 spiro atoms. The highest BCUT2D eigenvalue weighted by Crippen LogP contribution is 2.46. The summed E-state index contributed by atoms with van der Waals surface area (Å²) >= 11 is 0. The zero-order chi connectivity index (χ0) is 13.3. The van der Waals surface area contributed by atoms with Gasteiger partial charge in [0.2, 0.25) is 5.75 Å². The molecule has 0 bridgehead atoms. The van der Waals surface area contributed by atoms with Crippen LogP contribution in [0, 0.1) is 0 Å². The second kappa shape index (κ2) is 4.76. The number of carboxylic acid groups (broad SMARTS) is 1. The summed E-state index contributed by atoms with van der Waals surface area (Å²) in [6, 6.07) is 1.27. The molecule has 0 atom stereocenters. The summed E-state index contributed by atoms with van der Waals surface area (Å²) in [7, 11) is 0. The van der Waals surface area contributed by atoms with Crippen LogP contribution in [-0.4, -0.2) is 26.4 Å². The predicted octanol–water partition coefficient (Wildman–Crippen LogP) is 2.55. The molecular weight excluding hydrogens is 236 g/mol. The normalized spacial score (nSPS) is 16.7. The van der Waals surface area contributed by atoms with Gasteiger partial charge in [0.25, 0.3) is 0 Å². The number of aromatic hydroxyl groups is 3. The van der Waals surface area contributed by atoms with Crippen LogP contribution < -0.4 is 0 Å². The number of aromatic carboxylic acids is 1. The molecule has 1 aromatic rings. The minimum Gasteiger partial charge on any atom is -0.504 e. The quantitative estimate of drug-likeness (QED) is 0.606. The van der Waals surface area contributed by atoms with Gasteiger partial charge in [0, 0.05) is 5.56 Å². The molecule has 1 fully saturated rings. The molecule has 0 saturated heterocycles. The van der Waals surface area contributed by atoms with Crippen molar-refractivity contribution in [3.8, 4) is 17.2 Å². The molecule has 5 heteroatoms. The minimum absolute atomic E-state index is 0.0448. The number of hydrogen-bond acceptors (Lipinski definition) is 4. The molecule has 1 aromatic carbocycles. The van der Waals surface area contributed by atoms with Crippen molar-refractivity contribution in [2.75, 3.05) is 0 Å². The van der Waals surface area contributed by atoms with Crippen molar-refractivity contribution in [2.24, 2.45) is 0 Å². The van der Waals surface area contributed by atoms with Crippen molar-refractivity contribution in [2.45, 2.75) is 38.0 Å². The first-order valence-corrected chi connectivity index (χ1v) is 6.03. The van der Waals surface area contributed by atoms with Crippen LogP contribution in [0.3, 0.4) is 0 Å². The summed E-state index contributed by atoms with van der Waals surface area (Å²) in [5, 5.41) is 37.8. The lowest BCUT2D eigenvalue weighted by molar-refractivity contribution is 0.0692. The van der Waals surface area contributed by atoms with Crippen molar-refractivity contribution in [1.82, 2.24) is 0 Å². The summed E-state index contributed by atoms with van der Waals surface area (Å²) in [6.45, 7) is 0. The zero-order valence-electron chi connectivity index (χ0n) is 9.89. The van der Waals surface area contributed by atoms with E-state index in [0.29, 0.717) is 5.56 Å². The van der Waals surface area contributed by atoms with Gasteiger partial charge in [0.05, 0.1) is 0 Å². The largest absolute Gasteiger partial charge is 0.504 e. The van der Waals surface area contributed by atoms with E-state index in [1.807, 2.05) is 0 Å². The Hall–Kier alpha value is -1.91. The van der Waals surface area contributed by atoms with Gasteiger partial charge in [0.1, 0.15) is 5.56 Å². The number of rotatable bonds is 2. The van der Waals surface area contributed by atoms with Crippen LogP contribution >= 0.6 is 0 Å². The molecular formula is C13H16O5. The molecule has 0 radical (unpaired) electrons. The van der Waals surface area contributed by atoms with E-state index in [0.717, 1.165) is 32.1 Å². The van der Waals surface area contributed by atoms with Gasteiger partial charge >= 0.3 is 5.97 Å². The molecule has 0 heterocycles. The molecule has 2 rings (SSSR count). The smallest absolute Gasteiger partial charge is 0.339 e. The molecule has 18 heavy (non-hydrogen) atoms. The lowest BCUT2D eigenvalue weighted by Gasteiger charge is -2.23. The first kappa shape index (κ1) is 12.5. The van der Waals surface area contributed by atoms with Gasteiger partial charge in [-0.2, -0.15) is 0 Å². The Kier molecular flexibility index (Phi) is 3.32. The third kappa shape index (κ3) is 2.08. The average molecular weight is 252 g/mol. The lowest BCUT2D eigenvalue weighted by Crippen LogP contribution is -2.07. The summed E-state index contributed by atoms with van der Waals surface area (Å²) < 4.78 is 0. The maximum absolute atomic E-state index is 11.0. The molecule has 1 aliphatic rings. The van der Waals surface area contributed by atoms with Crippen molar-refractivity contribution >= 4 is 5.97 Å². The summed E-state index contributed by atoms with van der Waals surface area (Å²) in [5.74, 6) is -3.19. The van der Waals surface area contributed by atoms with Crippen LogP contribution in [0.5, 0.6) is 17.2 Å². The fourth-order valence-corrected chi connectivity index (χ4v) is 2.56. The van der Waals surface area contributed by atoms with Gasteiger partial charge in [-0.05, 0) is 24.8 Å². The van der Waals surface area contributed by atoms with E-state index in [9.17, 15) is 20.1 Å². The SMILES string of the molecule is O=C(O)c1cc(C2CCCCC2)c(O)c(O)c1O. The number of benzene rings is 1. The van der Waals surface area contributed by atoms with E-state index in [4.69, 9.17) is 5.11 Å². The maximum atomic E-state index is 11.0. The predicted molar refractivity (Wildman–Crippen MR) is 64.2 cm³/mol. The summed E-state index contributed by atoms with van der Waals surface area (Å²) in [5.41, 5.74) is 0.0493. The Morgan fingerprint density at radius 3 is 2.17 bits per heavy atom. The van der Waals surface area contributed by atoms with Crippen molar-refractivity contribution < 1.29 is 25.2 Å². The van der Waals surface area contributed by atoms with Crippen LogP contribution in [0.2, 0.25) is 0 Å². The number of hydrogen-bond donors (Lipinski definition) is 4. The van der Waals surface area contributed by atoms with Gasteiger partial charge in [0.15, 0.2) is 11.5 Å². The Morgan fingerprint density at radius 1 is 1.00 bits per heavy atom. The highest BCUT2D eigenvalue weighted by Gasteiger charge is 2.26. The number of carbonyl (C=O) groups is 1. The van der Waals surface area contributed by atoms with Gasteiger partial charge in [-0.15, -0.1) is 0 Å². The first-order valence-electron chi connectivity index (χ1n) is 6.03. The fraction of sp³-hybridized carbons (Fsp3) is 0.462. The average Bonchev–Trinajstić information content (AvgIpc) is 2.37. The molecule has 5 nitrogen and oxygen atoms in total. The second-order valence-corrected chi connectivity index (χ2v) is 4.70. The highest BCUT2D eigenvalue weighted by molar-refractivity contribution is 5.93. The molecule has 1 aliphatic carbocycles. The molecule has 1 saturated carbocycles. The van der Waals surface area contributed by atoms with Crippen molar-refractivity contribution in [3.63, 3.8) is 0 Å². The first-order chi connectivity index (χ1) is 8.52. The molecule has 98 valence electrons. The summed E-state index contributed by atoms with van der Waals surface area (Å²) in [6.07, 6.45) is 4.89. The van der Waals surface area contributed by atoms with Gasteiger partial charge in [-0.25, -0.2) is 4.79 Å². The van der Waals surface area contributed by atoms with Crippen molar-refractivity contribution in [1.29, 1.82) is 0 Å². The van der Waals surface area contributed by atoms with Crippen LogP contribution in [-0.2, 0) is 0 Å². The molecule has 0 unspecified atom stereocenters.